The summed E-state index contributed by atoms with van der Waals surface area (Å²) in [5, 5.41) is 0. The molecule has 1 aromatic heterocycles. The van der Waals surface area contributed by atoms with E-state index in [0.29, 0.717) is 5.82 Å². The highest BCUT2D eigenvalue weighted by Gasteiger charge is 2.26. The molecule has 0 aromatic carbocycles. The third kappa shape index (κ3) is 1.63. The number of carbonyl (C=O) groups excluding carboxylic acids is 1. The van der Waals surface area contributed by atoms with Gasteiger partial charge >= 0.3 is 0 Å². The number of fused-ring (bicyclic) bond motifs is 2. The molecule has 2 heterocycles. The summed E-state index contributed by atoms with van der Waals surface area (Å²) in [7, 11) is 0. The van der Waals surface area contributed by atoms with Crippen LogP contribution in [-0.4, -0.2) is 15.8 Å². The first-order chi connectivity index (χ1) is 8.31. The third-order valence-corrected chi connectivity index (χ3v) is 3.86. The zero-order chi connectivity index (χ0) is 11.8. The number of hydrogen-bond acceptors (Lipinski definition) is 3. The highest BCUT2D eigenvalue weighted by Crippen LogP contribution is 2.25. The molecule has 2 aliphatic rings. The second-order valence-corrected chi connectivity index (χ2v) is 4.94. The van der Waals surface area contributed by atoms with Crippen molar-refractivity contribution in [3.63, 3.8) is 0 Å². The number of hydrogen-bond donors (Lipinski definition) is 0. The maximum atomic E-state index is 12.3. The Balaban J connectivity index is 2.21. The van der Waals surface area contributed by atoms with Crippen LogP contribution < -0.4 is 5.56 Å². The van der Waals surface area contributed by atoms with Crippen molar-refractivity contribution in [2.24, 2.45) is 0 Å². The van der Waals surface area contributed by atoms with Gasteiger partial charge in [-0.05, 0) is 38.5 Å². The van der Waals surface area contributed by atoms with Crippen LogP contribution in [-0.2, 0) is 24.2 Å². The van der Waals surface area contributed by atoms with Crippen LogP contribution in [0.1, 0.15) is 48.7 Å². The molecule has 0 saturated heterocycles. The largest absolute Gasteiger partial charge is 0.303 e. The molecule has 1 aliphatic heterocycles. The van der Waals surface area contributed by atoms with E-state index in [1.54, 1.807) is 4.57 Å². The Morgan fingerprint density at radius 1 is 1.24 bits per heavy atom. The van der Waals surface area contributed by atoms with E-state index < -0.39 is 0 Å². The van der Waals surface area contributed by atoms with Crippen LogP contribution in [0.25, 0.3) is 0 Å². The van der Waals surface area contributed by atoms with Crippen LogP contribution in [0.3, 0.4) is 0 Å². The van der Waals surface area contributed by atoms with Gasteiger partial charge in [0.25, 0.3) is 5.56 Å². The van der Waals surface area contributed by atoms with Gasteiger partial charge in [0.1, 0.15) is 12.1 Å². The average molecular weight is 232 g/mol. The molecule has 0 saturated carbocycles. The van der Waals surface area contributed by atoms with Gasteiger partial charge in [0.15, 0.2) is 0 Å². The maximum absolute atomic E-state index is 12.3. The predicted molar refractivity (Wildman–Crippen MR) is 63.2 cm³/mol. The molecular formula is C13H16N2O2. The first-order valence-electron chi connectivity index (χ1n) is 6.39. The van der Waals surface area contributed by atoms with Crippen LogP contribution >= 0.6 is 0 Å². The Bertz CT molecular complexity index is 519. The van der Waals surface area contributed by atoms with Gasteiger partial charge in [0, 0.05) is 12.1 Å². The molecule has 0 amide bonds. The van der Waals surface area contributed by atoms with E-state index in [4.69, 9.17) is 0 Å². The van der Waals surface area contributed by atoms with Crippen LogP contribution in [0.15, 0.2) is 4.79 Å². The lowest BCUT2D eigenvalue weighted by molar-refractivity contribution is -0.109. The quantitative estimate of drug-likeness (QED) is 0.684. The van der Waals surface area contributed by atoms with Gasteiger partial charge in [-0.1, -0.05) is 0 Å². The summed E-state index contributed by atoms with van der Waals surface area (Å²) < 4.78 is 1.73. The minimum Gasteiger partial charge on any atom is -0.303 e. The Morgan fingerprint density at radius 3 is 2.88 bits per heavy atom. The number of aryl methyl sites for hydroxylation is 1. The zero-order valence-corrected chi connectivity index (χ0v) is 9.82. The van der Waals surface area contributed by atoms with Crippen molar-refractivity contribution in [3.05, 3.63) is 27.4 Å². The Kier molecular flexibility index (Phi) is 2.57. The van der Waals surface area contributed by atoms with Crippen molar-refractivity contribution in [1.29, 1.82) is 0 Å². The molecule has 1 aromatic rings. The smallest absolute Gasteiger partial charge is 0.256 e. The lowest BCUT2D eigenvalue weighted by atomic mass is 9.94. The van der Waals surface area contributed by atoms with Gasteiger partial charge in [-0.25, -0.2) is 4.98 Å². The first-order valence-corrected chi connectivity index (χ1v) is 6.39. The summed E-state index contributed by atoms with van der Waals surface area (Å²) in [6.07, 6.45) is 6.60. The number of aldehydes is 1. The molecule has 1 atom stereocenters. The molecule has 0 fully saturated rings. The molecular weight excluding hydrogens is 216 g/mol. The van der Waals surface area contributed by atoms with Crippen LogP contribution in [0, 0.1) is 0 Å². The van der Waals surface area contributed by atoms with Crippen molar-refractivity contribution in [2.75, 3.05) is 0 Å². The van der Waals surface area contributed by atoms with E-state index >= 15 is 0 Å². The van der Waals surface area contributed by atoms with Crippen LogP contribution in [0.5, 0.6) is 0 Å². The van der Waals surface area contributed by atoms with Gasteiger partial charge < -0.3 is 4.79 Å². The number of rotatable bonds is 1. The van der Waals surface area contributed by atoms with Crippen molar-refractivity contribution in [1.82, 2.24) is 9.55 Å². The molecule has 4 heteroatoms. The summed E-state index contributed by atoms with van der Waals surface area (Å²) >= 11 is 0. The first kappa shape index (κ1) is 10.7. The molecule has 0 radical (unpaired) electrons. The predicted octanol–water partition coefficient (Wildman–Crippen LogP) is 1.20. The minimum atomic E-state index is -0.177. The van der Waals surface area contributed by atoms with Gasteiger partial charge in [-0.3, -0.25) is 9.36 Å². The van der Waals surface area contributed by atoms with Crippen molar-refractivity contribution < 1.29 is 4.79 Å². The molecule has 17 heavy (non-hydrogen) atoms. The van der Waals surface area contributed by atoms with Crippen LogP contribution in [0.2, 0.25) is 0 Å². The van der Waals surface area contributed by atoms with E-state index in [9.17, 15) is 9.59 Å². The van der Waals surface area contributed by atoms with Crippen molar-refractivity contribution >= 4 is 6.29 Å². The fraction of sp³-hybridized carbons (Fsp3) is 0.615. The number of aromatic nitrogens is 2. The monoisotopic (exact) mass is 232 g/mol. The molecule has 0 spiro atoms. The molecule has 90 valence electrons. The lowest BCUT2D eigenvalue weighted by Gasteiger charge is -2.25. The Morgan fingerprint density at radius 2 is 2.06 bits per heavy atom. The maximum Gasteiger partial charge on any atom is 0.256 e. The molecule has 1 unspecified atom stereocenters. The fourth-order valence-electron chi connectivity index (χ4n) is 2.94. The molecule has 3 rings (SSSR count). The summed E-state index contributed by atoms with van der Waals surface area (Å²) in [6, 6.07) is 0. The van der Waals surface area contributed by atoms with Crippen LogP contribution in [0.4, 0.5) is 0 Å². The summed E-state index contributed by atoms with van der Waals surface area (Å²) in [5.41, 5.74) is 1.95. The highest BCUT2D eigenvalue weighted by molar-refractivity contribution is 5.60. The fourth-order valence-corrected chi connectivity index (χ4v) is 2.94. The van der Waals surface area contributed by atoms with Crippen molar-refractivity contribution in [3.8, 4) is 0 Å². The van der Waals surface area contributed by atoms with Gasteiger partial charge in [0.05, 0.1) is 11.6 Å². The van der Waals surface area contributed by atoms with E-state index in [1.165, 1.54) is 0 Å². The second kappa shape index (κ2) is 4.09. The lowest BCUT2D eigenvalue weighted by Crippen LogP contribution is -2.35. The summed E-state index contributed by atoms with van der Waals surface area (Å²) in [5.74, 6) is 0.528. The van der Waals surface area contributed by atoms with Gasteiger partial charge in [-0.15, -0.1) is 0 Å². The Labute approximate surface area is 99.7 Å². The SMILES string of the molecule is O=CC1CCCn2c1nc1c(c2=O)CCCC1. The van der Waals surface area contributed by atoms with E-state index in [2.05, 4.69) is 4.98 Å². The average Bonchev–Trinajstić information content (AvgIpc) is 2.38. The van der Waals surface area contributed by atoms with Gasteiger partial charge in [-0.2, -0.15) is 0 Å². The normalized spacial score (nSPS) is 22.7. The highest BCUT2D eigenvalue weighted by atomic mass is 16.1. The Hall–Kier alpha value is -1.45. The summed E-state index contributed by atoms with van der Waals surface area (Å²) in [6.45, 7) is 0.721. The number of carbonyl (C=O) groups is 1. The van der Waals surface area contributed by atoms with E-state index in [1.807, 2.05) is 0 Å². The molecule has 1 aliphatic carbocycles. The summed E-state index contributed by atoms with van der Waals surface area (Å²) in [4.78, 5) is 28.0. The second-order valence-electron chi connectivity index (χ2n) is 4.94. The molecule has 0 N–H and O–H groups in total. The van der Waals surface area contributed by atoms with Gasteiger partial charge in [0.2, 0.25) is 0 Å². The molecule has 4 nitrogen and oxygen atoms in total. The van der Waals surface area contributed by atoms with E-state index in [0.717, 1.165) is 62.6 Å². The minimum absolute atomic E-state index is 0.108. The van der Waals surface area contributed by atoms with Crippen molar-refractivity contribution in [2.45, 2.75) is 51.0 Å². The molecule has 0 bridgehead atoms. The van der Waals surface area contributed by atoms with E-state index in [-0.39, 0.29) is 11.5 Å². The topological polar surface area (TPSA) is 52.0 Å². The third-order valence-electron chi connectivity index (χ3n) is 3.86. The zero-order valence-electron chi connectivity index (χ0n) is 9.82. The number of nitrogens with zero attached hydrogens (tertiary/aromatic N) is 2. The standard InChI is InChI=1S/C13H16N2O2/c16-8-9-4-3-7-15-12(9)14-11-6-2-1-5-10(11)13(15)17/h8-9H,1-7H2.